The van der Waals surface area contributed by atoms with Crippen LogP contribution in [-0.2, 0) is 10.2 Å². The van der Waals surface area contributed by atoms with E-state index in [-0.39, 0.29) is 17.1 Å². The molecule has 1 aliphatic heterocycles. The number of rotatable bonds is 3. The molecule has 0 unspecified atom stereocenters. The maximum absolute atomic E-state index is 14.5. The van der Waals surface area contributed by atoms with Crippen molar-refractivity contribution < 1.29 is 18.3 Å². The lowest BCUT2D eigenvalue weighted by molar-refractivity contribution is 0.00389. The van der Waals surface area contributed by atoms with Crippen LogP contribution in [0.25, 0.3) is 0 Å². The number of amides is 1. The predicted octanol–water partition coefficient (Wildman–Crippen LogP) is 3.39. The van der Waals surface area contributed by atoms with E-state index in [1.165, 1.54) is 13.0 Å². The number of ether oxygens (including phenoxy) is 1. The third-order valence-electron chi connectivity index (χ3n) is 6.23. The first kappa shape index (κ1) is 19.0. The molecule has 2 N–H and O–H groups in total. The highest BCUT2D eigenvalue weighted by atomic mass is 19.1. The molecule has 6 heteroatoms. The van der Waals surface area contributed by atoms with E-state index in [2.05, 4.69) is 16.7 Å². The molecule has 2 aliphatic rings. The summed E-state index contributed by atoms with van der Waals surface area (Å²) in [5.74, 6) is -2.45. The molecular formula is C22H24F2N2O2. The van der Waals surface area contributed by atoms with Gasteiger partial charge in [-0.15, -0.1) is 0 Å². The van der Waals surface area contributed by atoms with Crippen LogP contribution in [0.1, 0.15) is 45.9 Å². The van der Waals surface area contributed by atoms with Crippen molar-refractivity contribution >= 4 is 5.91 Å². The van der Waals surface area contributed by atoms with Gasteiger partial charge in [0.25, 0.3) is 5.91 Å². The first-order valence-corrected chi connectivity index (χ1v) is 9.58. The first-order valence-electron chi connectivity index (χ1n) is 9.58. The number of nitrogens with one attached hydrogen (secondary N) is 2. The van der Waals surface area contributed by atoms with Crippen LogP contribution in [0.15, 0.2) is 36.4 Å². The van der Waals surface area contributed by atoms with Crippen molar-refractivity contribution in [2.75, 3.05) is 20.2 Å². The maximum Gasteiger partial charge on any atom is 0.257 e. The minimum atomic E-state index is -0.863. The Hall–Kier alpha value is -2.31. The summed E-state index contributed by atoms with van der Waals surface area (Å²) in [6.07, 6.45) is 1.45. The third-order valence-corrected chi connectivity index (χ3v) is 6.23. The van der Waals surface area contributed by atoms with Gasteiger partial charge in [-0.05, 0) is 55.6 Å². The molecule has 1 spiro atoms. The zero-order valence-electron chi connectivity index (χ0n) is 16.0. The van der Waals surface area contributed by atoms with Gasteiger partial charge in [0.05, 0.1) is 12.1 Å². The summed E-state index contributed by atoms with van der Waals surface area (Å²) in [7, 11) is 1.63. The molecule has 1 heterocycles. The Morgan fingerprint density at radius 3 is 2.61 bits per heavy atom. The van der Waals surface area contributed by atoms with Crippen LogP contribution in [-0.4, -0.2) is 32.2 Å². The molecule has 0 aromatic heterocycles. The fourth-order valence-corrected chi connectivity index (χ4v) is 4.88. The number of benzene rings is 2. The molecule has 4 nitrogen and oxygen atoms in total. The van der Waals surface area contributed by atoms with Gasteiger partial charge in [0.1, 0.15) is 17.2 Å². The summed E-state index contributed by atoms with van der Waals surface area (Å²) in [5.41, 5.74) is 1.57. The topological polar surface area (TPSA) is 50.4 Å². The van der Waals surface area contributed by atoms with Crippen LogP contribution in [0, 0.1) is 18.6 Å². The lowest BCUT2D eigenvalue weighted by atomic mass is 9.72. The highest BCUT2D eigenvalue weighted by Gasteiger charge is 2.53. The number of methoxy groups -OCH3 is 1. The van der Waals surface area contributed by atoms with Crippen molar-refractivity contribution in [3.63, 3.8) is 0 Å². The molecule has 28 heavy (non-hydrogen) atoms. The quantitative estimate of drug-likeness (QED) is 0.850. The van der Waals surface area contributed by atoms with E-state index in [1.807, 2.05) is 18.2 Å². The molecule has 1 aliphatic carbocycles. The Kier molecular flexibility index (Phi) is 4.93. The monoisotopic (exact) mass is 386 g/mol. The lowest BCUT2D eigenvalue weighted by Gasteiger charge is -2.40. The lowest BCUT2D eigenvalue weighted by Crippen LogP contribution is -2.49. The number of carbonyl (C=O) groups is 1. The molecule has 1 amide bonds. The van der Waals surface area contributed by atoms with E-state index in [9.17, 15) is 13.6 Å². The highest BCUT2D eigenvalue weighted by Crippen LogP contribution is 2.51. The second-order valence-corrected chi connectivity index (χ2v) is 7.65. The van der Waals surface area contributed by atoms with Crippen LogP contribution < -0.4 is 10.6 Å². The second kappa shape index (κ2) is 7.26. The van der Waals surface area contributed by atoms with Gasteiger partial charge < -0.3 is 15.4 Å². The summed E-state index contributed by atoms with van der Waals surface area (Å²) < 4.78 is 34.6. The van der Waals surface area contributed by atoms with E-state index >= 15 is 0 Å². The van der Waals surface area contributed by atoms with Crippen LogP contribution in [0.3, 0.4) is 0 Å². The normalized spacial score (nSPS) is 22.9. The minimum Gasteiger partial charge on any atom is -0.378 e. The Balaban J connectivity index is 1.74. The van der Waals surface area contributed by atoms with Crippen LogP contribution in [0.5, 0.6) is 0 Å². The van der Waals surface area contributed by atoms with Crippen LogP contribution in [0.4, 0.5) is 8.78 Å². The van der Waals surface area contributed by atoms with Gasteiger partial charge in [-0.2, -0.15) is 0 Å². The molecule has 0 saturated carbocycles. The molecule has 2 aromatic carbocycles. The maximum atomic E-state index is 14.5. The predicted molar refractivity (Wildman–Crippen MR) is 102 cm³/mol. The van der Waals surface area contributed by atoms with E-state index in [4.69, 9.17) is 4.74 Å². The second-order valence-electron chi connectivity index (χ2n) is 7.65. The molecule has 148 valence electrons. The number of halogens is 2. The number of hydrogen-bond donors (Lipinski definition) is 2. The van der Waals surface area contributed by atoms with Crippen molar-refractivity contribution in [3.8, 4) is 0 Å². The molecule has 1 fully saturated rings. The number of carbonyl (C=O) groups excluding carboxylic acids is 1. The Labute approximate surface area is 163 Å². The third kappa shape index (κ3) is 2.83. The van der Waals surface area contributed by atoms with E-state index in [1.54, 1.807) is 7.11 Å². The van der Waals surface area contributed by atoms with Crippen LogP contribution in [0.2, 0.25) is 0 Å². The summed E-state index contributed by atoms with van der Waals surface area (Å²) in [4.78, 5) is 12.9. The Morgan fingerprint density at radius 1 is 1.18 bits per heavy atom. The zero-order chi connectivity index (χ0) is 19.9. The van der Waals surface area contributed by atoms with E-state index in [0.29, 0.717) is 0 Å². The van der Waals surface area contributed by atoms with Crippen LogP contribution >= 0.6 is 0 Å². The molecular weight excluding hydrogens is 362 g/mol. The average molecular weight is 386 g/mol. The number of fused-ring (bicyclic) bond motifs is 2. The van der Waals surface area contributed by atoms with Gasteiger partial charge in [0.15, 0.2) is 0 Å². The summed E-state index contributed by atoms with van der Waals surface area (Å²) in [6, 6.07) is 9.93. The first-order chi connectivity index (χ1) is 13.5. The van der Waals surface area contributed by atoms with Gasteiger partial charge in [-0.3, -0.25) is 4.79 Å². The molecule has 0 radical (unpaired) electrons. The number of aryl methyl sites for hydroxylation is 1. The summed E-state index contributed by atoms with van der Waals surface area (Å²) in [5, 5.41) is 6.24. The van der Waals surface area contributed by atoms with Gasteiger partial charge in [-0.25, -0.2) is 8.78 Å². The van der Waals surface area contributed by atoms with Crippen molar-refractivity contribution in [1.29, 1.82) is 0 Å². The molecule has 4 rings (SSSR count). The standard InChI is InChI=1S/C22H24F2N2O2/c1-13-7-8-16(23)17(18(13)24)21(27)26-19-14-5-3-4-6-15(14)22(20(19)28-2)9-11-25-12-10-22/h3-8,19-20,25H,9-12H2,1-2H3,(H,26,27)/t19-,20+/m0/s1. The fourth-order valence-electron chi connectivity index (χ4n) is 4.88. The molecule has 2 aromatic rings. The Bertz CT molecular complexity index is 909. The van der Waals surface area contributed by atoms with E-state index < -0.39 is 29.1 Å². The van der Waals surface area contributed by atoms with Gasteiger partial charge >= 0.3 is 0 Å². The molecule has 2 atom stereocenters. The van der Waals surface area contributed by atoms with Crippen molar-refractivity contribution in [2.24, 2.45) is 0 Å². The van der Waals surface area contributed by atoms with Gasteiger partial charge in [0.2, 0.25) is 0 Å². The van der Waals surface area contributed by atoms with Gasteiger partial charge in [-0.1, -0.05) is 30.3 Å². The van der Waals surface area contributed by atoms with E-state index in [0.717, 1.165) is 43.1 Å². The number of hydrogen-bond acceptors (Lipinski definition) is 3. The summed E-state index contributed by atoms with van der Waals surface area (Å²) in [6.45, 7) is 3.23. The molecule has 1 saturated heterocycles. The molecule has 0 bridgehead atoms. The van der Waals surface area contributed by atoms with Gasteiger partial charge in [0, 0.05) is 12.5 Å². The highest BCUT2D eigenvalue weighted by molar-refractivity contribution is 5.95. The SMILES string of the molecule is CO[C@@H]1[C@@H](NC(=O)c2c(F)ccc(C)c2F)c2ccccc2C12CCNCC2. The number of piperidine rings is 1. The minimum absolute atomic E-state index is 0.224. The fraction of sp³-hybridized carbons (Fsp3) is 0.409. The average Bonchev–Trinajstić information content (AvgIpc) is 2.94. The largest absolute Gasteiger partial charge is 0.378 e. The zero-order valence-corrected chi connectivity index (χ0v) is 16.0. The van der Waals surface area contributed by atoms with Crippen molar-refractivity contribution in [2.45, 2.75) is 37.3 Å². The Morgan fingerprint density at radius 2 is 1.89 bits per heavy atom. The smallest absolute Gasteiger partial charge is 0.257 e. The van der Waals surface area contributed by atoms with Crippen molar-refractivity contribution in [1.82, 2.24) is 10.6 Å². The summed E-state index contributed by atoms with van der Waals surface area (Å²) >= 11 is 0. The van der Waals surface area contributed by atoms with Crippen molar-refractivity contribution in [3.05, 3.63) is 70.3 Å².